The Balaban J connectivity index is 1.88. The van der Waals surface area contributed by atoms with Crippen LogP contribution < -0.4 is 0 Å². The zero-order chi connectivity index (χ0) is 10.7. The smallest absolute Gasteiger partial charge is 0.0701 e. The van der Waals surface area contributed by atoms with Crippen LogP contribution in [0.1, 0.15) is 37.0 Å². The molecular weight excluding hydrogens is 272 g/mol. The molecule has 0 spiro atoms. The quantitative estimate of drug-likeness (QED) is 0.892. The van der Waals surface area contributed by atoms with E-state index in [1.54, 1.807) is 11.3 Å². The van der Waals surface area contributed by atoms with Gasteiger partial charge in [0, 0.05) is 11.3 Å². The molecule has 1 aliphatic carbocycles. The Morgan fingerprint density at radius 3 is 2.67 bits per heavy atom. The van der Waals surface area contributed by atoms with Crippen molar-refractivity contribution in [3.05, 3.63) is 20.8 Å². The molecule has 1 nitrogen and oxygen atoms in total. The molecule has 0 aliphatic heterocycles. The maximum atomic E-state index is 10.1. The Kier molecular flexibility index (Phi) is 4.23. The van der Waals surface area contributed by atoms with Gasteiger partial charge in [0.25, 0.3) is 0 Å². The van der Waals surface area contributed by atoms with Crippen molar-refractivity contribution in [3.63, 3.8) is 0 Å². The summed E-state index contributed by atoms with van der Waals surface area (Å²) in [5.41, 5.74) is 0. The number of hydrogen-bond acceptors (Lipinski definition) is 2. The summed E-state index contributed by atoms with van der Waals surface area (Å²) in [6.07, 6.45) is 7.10. The molecule has 0 bridgehead atoms. The summed E-state index contributed by atoms with van der Waals surface area (Å²) in [5.74, 6) is 0.541. The van der Waals surface area contributed by atoms with Gasteiger partial charge in [-0.2, -0.15) is 0 Å². The fourth-order valence-corrected chi connectivity index (χ4v) is 3.89. The normalized spacial score (nSPS) is 20.4. The van der Waals surface area contributed by atoms with Gasteiger partial charge in [-0.15, -0.1) is 11.3 Å². The van der Waals surface area contributed by atoms with Crippen molar-refractivity contribution in [2.45, 2.75) is 44.6 Å². The first-order valence-electron chi connectivity index (χ1n) is 5.68. The molecule has 3 heteroatoms. The fourth-order valence-electron chi connectivity index (χ4n) is 2.35. The molecule has 1 aromatic heterocycles. The number of aliphatic hydroxyl groups is 1. The van der Waals surface area contributed by atoms with E-state index in [4.69, 9.17) is 0 Å². The van der Waals surface area contributed by atoms with Crippen LogP contribution in [0.4, 0.5) is 0 Å². The minimum Gasteiger partial charge on any atom is -0.392 e. The number of rotatable bonds is 3. The highest BCUT2D eigenvalue weighted by Gasteiger charge is 2.22. The second-order valence-electron chi connectivity index (χ2n) is 4.38. The fraction of sp³-hybridized carbons (Fsp3) is 0.667. The van der Waals surface area contributed by atoms with Crippen LogP contribution in [-0.4, -0.2) is 11.2 Å². The molecule has 1 N–H and O–H groups in total. The van der Waals surface area contributed by atoms with Gasteiger partial charge >= 0.3 is 0 Å². The third-order valence-corrected chi connectivity index (χ3v) is 4.88. The Labute approximate surface area is 104 Å². The first-order chi connectivity index (χ1) is 7.25. The van der Waals surface area contributed by atoms with Crippen LogP contribution in [0.5, 0.6) is 0 Å². The molecule has 1 aromatic rings. The molecule has 84 valence electrons. The largest absolute Gasteiger partial charge is 0.392 e. The van der Waals surface area contributed by atoms with Crippen LogP contribution >= 0.6 is 27.3 Å². The van der Waals surface area contributed by atoms with Gasteiger partial charge in [0.1, 0.15) is 0 Å². The summed E-state index contributed by atoms with van der Waals surface area (Å²) < 4.78 is 1.16. The molecular formula is C12H17BrOS. The van der Waals surface area contributed by atoms with E-state index < -0.39 is 0 Å². The number of halogens is 1. The van der Waals surface area contributed by atoms with Crippen molar-refractivity contribution in [1.82, 2.24) is 0 Å². The van der Waals surface area contributed by atoms with Crippen LogP contribution in [-0.2, 0) is 6.42 Å². The molecule has 15 heavy (non-hydrogen) atoms. The van der Waals surface area contributed by atoms with Crippen molar-refractivity contribution in [2.75, 3.05) is 0 Å². The van der Waals surface area contributed by atoms with Gasteiger partial charge in [0.15, 0.2) is 0 Å². The van der Waals surface area contributed by atoms with Gasteiger partial charge in [-0.05, 0) is 46.8 Å². The molecule has 0 radical (unpaired) electrons. The predicted molar refractivity (Wildman–Crippen MR) is 68.3 cm³/mol. The second-order valence-corrected chi connectivity index (χ2v) is 6.92. The molecule has 1 heterocycles. The van der Waals surface area contributed by atoms with Crippen molar-refractivity contribution >= 4 is 27.3 Å². The second kappa shape index (κ2) is 5.46. The molecule has 1 unspecified atom stereocenters. The Morgan fingerprint density at radius 1 is 1.33 bits per heavy atom. The van der Waals surface area contributed by atoms with Crippen LogP contribution in [0.25, 0.3) is 0 Å². The summed E-state index contributed by atoms with van der Waals surface area (Å²) in [5, 5.41) is 10.1. The number of hydrogen-bond donors (Lipinski definition) is 1. The van der Waals surface area contributed by atoms with Crippen LogP contribution in [0.15, 0.2) is 15.9 Å². The Hall–Kier alpha value is 0.140. The van der Waals surface area contributed by atoms with Gasteiger partial charge < -0.3 is 5.11 Å². The maximum Gasteiger partial charge on any atom is 0.0701 e. The molecule has 1 atom stereocenters. The summed E-state index contributed by atoms with van der Waals surface area (Å²) >= 11 is 5.19. The Morgan fingerprint density at radius 2 is 2.07 bits per heavy atom. The molecule has 0 amide bonds. The van der Waals surface area contributed by atoms with E-state index >= 15 is 0 Å². The van der Waals surface area contributed by atoms with E-state index in [0.29, 0.717) is 5.92 Å². The summed E-state index contributed by atoms with van der Waals surface area (Å²) in [6.45, 7) is 0. The van der Waals surface area contributed by atoms with Gasteiger partial charge in [0.05, 0.1) is 9.89 Å². The summed E-state index contributed by atoms with van der Waals surface area (Å²) in [4.78, 5) is 1.29. The lowest BCUT2D eigenvalue weighted by molar-refractivity contribution is 0.0858. The van der Waals surface area contributed by atoms with Crippen molar-refractivity contribution in [3.8, 4) is 0 Å². The van der Waals surface area contributed by atoms with E-state index in [1.165, 1.54) is 37.0 Å². The highest BCUT2D eigenvalue weighted by atomic mass is 79.9. The predicted octanol–water partition coefficient (Wildman–Crippen LogP) is 3.99. The monoisotopic (exact) mass is 288 g/mol. The lowest BCUT2D eigenvalue weighted by Crippen LogP contribution is -2.24. The topological polar surface area (TPSA) is 20.2 Å². The third-order valence-electron chi connectivity index (χ3n) is 3.23. The van der Waals surface area contributed by atoms with Crippen LogP contribution in [0.3, 0.4) is 0 Å². The highest BCUT2D eigenvalue weighted by Crippen LogP contribution is 2.30. The lowest BCUT2D eigenvalue weighted by atomic mass is 9.84. The average molecular weight is 289 g/mol. The van der Waals surface area contributed by atoms with Gasteiger partial charge in [0.2, 0.25) is 0 Å². The minimum absolute atomic E-state index is 0.129. The van der Waals surface area contributed by atoms with E-state index in [2.05, 4.69) is 28.1 Å². The first-order valence-corrected chi connectivity index (χ1v) is 7.29. The minimum atomic E-state index is -0.129. The highest BCUT2D eigenvalue weighted by molar-refractivity contribution is 9.11. The van der Waals surface area contributed by atoms with Crippen molar-refractivity contribution in [2.24, 2.45) is 5.92 Å². The standard InChI is InChI=1S/C12H17BrOS/c13-12-7-6-10(15-12)8-11(14)9-4-2-1-3-5-9/h6-7,9,11,14H,1-5,8H2. The molecule has 1 aliphatic rings. The summed E-state index contributed by atoms with van der Waals surface area (Å²) in [6, 6.07) is 4.17. The molecule has 2 rings (SSSR count). The van der Waals surface area contributed by atoms with Gasteiger partial charge in [-0.25, -0.2) is 0 Å². The zero-order valence-electron chi connectivity index (χ0n) is 8.79. The van der Waals surface area contributed by atoms with Crippen LogP contribution in [0.2, 0.25) is 0 Å². The number of aliphatic hydroxyl groups excluding tert-OH is 1. The Bertz CT molecular complexity index is 304. The number of thiophene rings is 1. The zero-order valence-corrected chi connectivity index (χ0v) is 11.2. The van der Waals surface area contributed by atoms with E-state index in [-0.39, 0.29) is 6.10 Å². The van der Waals surface area contributed by atoms with E-state index in [9.17, 15) is 5.11 Å². The lowest BCUT2D eigenvalue weighted by Gasteiger charge is -2.26. The first kappa shape index (κ1) is 11.6. The maximum absolute atomic E-state index is 10.1. The van der Waals surface area contributed by atoms with Crippen molar-refractivity contribution < 1.29 is 5.11 Å². The third kappa shape index (κ3) is 3.30. The molecule has 1 saturated carbocycles. The molecule has 1 fully saturated rings. The molecule has 0 saturated heterocycles. The van der Waals surface area contributed by atoms with E-state index in [0.717, 1.165) is 10.2 Å². The average Bonchev–Trinajstić information content (AvgIpc) is 2.65. The molecule has 0 aromatic carbocycles. The summed E-state index contributed by atoms with van der Waals surface area (Å²) in [7, 11) is 0. The van der Waals surface area contributed by atoms with Crippen LogP contribution in [0, 0.1) is 5.92 Å². The van der Waals surface area contributed by atoms with E-state index in [1.807, 2.05) is 0 Å². The van der Waals surface area contributed by atoms with Crippen molar-refractivity contribution in [1.29, 1.82) is 0 Å². The van der Waals surface area contributed by atoms with Gasteiger partial charge in [-0.1, -0.05) is 19.3 Å². The van der Waals surface area contributed by atoms with Gasteiger partial charge in [-0.3, -0.25) is 0 Å². The SMILES string of the molecule is OC(Cc1ccc(Br)s1)C1CCCCC1.